The van der Waals surface area contributed by atoms with E-state index in [-0.39, 0.29) is 11.5 Å². The Hall–Kier alpha value is -1.38. The zero-order valence-corrected chi connectivity index (χ0v) is 7.94. The molecule has 13 heavy (non-hydrogen) atoms. The van der Waals surface area contributed by atoms with Gasteiger partial charge in [-0.05, 0) is 38.0 Å². The molecule has 1 aromatic carbocycles. The second-order valence-electron chi connectivity index (χ2n) is 3.15. The summed E-state index contributed by atoms with van der Waals surface area (Å²) in [5.41, 5.74) is 7.00. The molecule has 0 heterocycles. The van der Waals surface area contributed by atoms with Gasteiger partial charge in [-0.25, -0.2) is 4.39 Å². The van der Waals surface area contributed by atoms with Crippen molar-refractivity contribution >= 4 is 11.5 Å². The number of Topliss-reactive ketones (excluding diaryl/α,β-unsaturated/α-hetero) is 1. The second kappa shape index (κ2) is 3.17. The normalized spacial score (nSPS) is 10.2. The van der Waals surface area contributed by atoms with E-state index in [1.165, 1.54) is 13.0 Å². The molecule has 0 saturated carbocycles. The Balaban J connectivity index is 3.53. The van der Waals surface area contributed by atoms with Crippen LogP contribution in [0, 0.1) is 19.7 Å². The molecule has 0 bridgehead atoms. The molecule has 70 valence electrons. The van der Waals surface area contributed by atoms with Gasteiger partial charge < -0.3 is 5.73 Å². The SMILES string of the molecule is CC(=O)c1c(C)cc(N)c(F)c1C. The first kappa shape index (κ1) is 9.71. The number of hydrogen-bond donors (Lipinski definition) is 1. The second-order valence-corrected chi connectivity index (χ2v) is 3.15. The van der Waals surface area contributed by atoms with Crippen molar-refractivity contribution in [3.05, 3.63) is 28.6 Å². The maximum Gasteiger partial charge on any atom is 0.160 e. The molecule has 0 aliphatic carbocycles. The lowest BCUT2D eigenvalue weighted by Crippen LogP contribution is -2.05. The molecule has 0 amide bonds. The van der Waals surface area contributed by atoms with Crippen molar-refractivity contribution in [1.82, 2.24) is 0 Å². The lowest BCUT2D eigenvalue weighted by Gasteiger charge is -2.09. The zero-order chi connectivity index (χ0) is 10.2. The summed E-state index contributed by atoms with van der Waals surface area (Å²) in [6, 6.07) is 1.49. The van der Waals surface area contributed by atoms with Gasteiger partial charge in [0.15, 0.2) is 5.78 Å². The number of nitrogen functional groups attached to an aromatic ring is 1. The van der Waals surface area contributed by atoms with Crippen LogP contribution in [0.5, 0.6) is 0 Å². The number of hydrogen-bond acceptors (Lipinski definition) is 2. The summed E-state index contributed by atoms with van der Waals surface area (Å²) in [6.45, 7) is 4.74. The van der Waals surface area contributed by atoms with Gasteiger partial charge in [-0.2, -0.15) is 0 Å². The fourth-order valence-electron chi connectivity index (χ4n) is 1.53. The van der Waals surface area contributed by atoms with Crippen LogP contribution in [0.25, 0.3) is 0 Å². The van der Waals surface area contributed by atoms with E-state index in [4.69, 9.17) is 5.73 Å². The quantitative estimate of drug-likeness (QED) is 0.533. The van der Waals surface area contributed by atoms with E-state index in [9.17, 15) is 9.18 Å². The Morgan fingerprint density at radius 1 is 1.46 bits per heavy atom. The van der Waals surface area contributed by atoms with Crippen LogP contribution in [-0.4, -0.2) is 5.78 Å². The third-order valence-electron chi connectivity index (χ3n) is 2.08. The summed E-state index contributed by atoms with van der Waals surface area (Å²) in [4.78, 5) is 11.1. The Morgan fingerprint density at radius 2 is 2.00 bits per heavy atom. The van der Waals surface area contributed by atoms with Crippen molar-refractivity contribution in [2.24, 2.45) is 0 Å². The fraction of sp³-hybridized carbons (Fsp3) is 0.300. The molecular weight excluding hydrogens is 169 g/mol. The van der Waals surface area contributed by atoms with E-state index < -0.39 is 5.82 Å². The minimum Gasteiger partial charge on any atom is -0.396 e. The molecule has 0 aliphatic heterocycles. The summed E-state index contributed by atoms with van der Waals surface area (Å²) in [6.07, 6.45) is 0. The third kappa shape index (κ3) is 1.54. The molecule has 3 heteroatoms. The van der Waals surface area contributed by atoms with Gasteiger partial charge in [0.05, 0.1) is 5.69 Å². The Bertz CT molecular complexity index is 372. The van der Waals surface area contributed by atoms with E-state index in [0.29, 0.717) is 11.1 Å². The fourth-order valence-corrected chi connectivity index (χ4v) is 1.53. The Morgan fingerprint density at radius 3 is 2.46 bits per heavy atom. The molecule has 0 aliphatic rings. The number of carbonyl (C=O) groups is 1. The number of ketones is 1. The van der Waals surface area contributed by atoms with Crippen LogP contribution in [0.4, 0.5) is 10.1 Å². The molecule has 0 saturated heterocycles. The monoisotopic (exact) mass is 181 g/mol. The maximum atomic E-state index is 13.3. The highest BCUT2D eigenvalue weighted by atomic mass is 19.1. The topological polar surface area (TPSA) is 43.1 Å². The number of nitrogens with two attached hydrogens (primary N) is 1. The van der Waals surface area contributed by atoms with E-state index in [0.717, 1.165) is 5.56 Å². The average Bonchev–Trinajstić information content (AvgIpc) is 1.99. The van der Waals surface area contributed by atoms with Crippen LogP contribution in [0.3, 0.4) is 0 Å². The van der Waals surface area contributed by atoms with Gasteiger partial charge in [0.2, 0.25) is 0 Å². The van der Waals surface area contributed by atoms with Crippen molar-refractivity contribution in [2.45, 2.75) is 20.8 Å². The standard InChI is InChI=1S/C10H12FNO/c1-5-4-8(12)10(11)6(2)9(5)7(3)13/h4H,12H2,1-3H3. The van der Waals surface area contributed by atoms with Crippen LogP contribution in [0.2, 0.25) is 0 Å². The molecule has 2 N–H and O–H groups in total. The van der Waals surface area contributed by atoms with Gasteiger partial charge in [0.1, 0.15) is 5.82 Å². The van der Waals surface area contributed by atoms with Crippen molar-refractivity contribution < 1.29 is 9.18 Å². The zero-order valence-electron chi connectivity index (χ0n) is 7.94. The van der Waals surface area contributed by atoms with Crippen molar-refractivity contribution in [2.75, 3.05) is 5.73 Å². The van der Waals surface area contributed by atoms with Crippen LogP contribution < -0.4 is 5.73 Å². The van der Waals surface area contributed by atoms with Crippen LogP contribution in [0.1, 0.15) is 28.4 Å². The molecule has 2 nitrogen and oxygen atoms in total. The molecule has 0 radical (unpaired) electrons. The molecule has 0 spiro atoms. The Kier molecular flexibility index (Phi) is 2.36. The molecule has 0 fully saturated rings. The number of anilines is 1. The van der Waals surface area contributed by atoms with Crippen molar-refractivity contribution in [3.8, 4) is 0 Å². The lowest BCUT2D eigenvalue weighted by molar-refractivity contribution is 0.101. The molecule has 0 unspecified atom stereocenters. The summed E-state index contributed by atoms with van der Waals surface area (Å²) in [5, 5.41) is 0. The molecule has 0 aromatic heterocycles. The molecule has 0 atom stereocenters. The van der Waals surface area contributed by atoms with E-state index >= 15 is 0 Å². The third-order valence-corrected chi connectivity index (χ3v) is 2.08. The van der Waals surface area contributed by atoms with Crippen molar-refractivity contribution in [3.63, 3.8) is 0 Å². The predicted octanol–water partition coefficient (Wildman–Crippen LogP) is 2.23. The van der Waals surface area contributed by atoms with Gasteiger partial charge in [-0.3, -0.25) is 4.79 Å². The van der Waals surface area contributed by atoms with Gasteiger partial charge in [-0.15, -0.1) is 0 Å². The highest BCUT2D eigenvalue weighted by molar-refractivity contribution is 5.97. The minimum absolute atomic E-state index is 0.0972. The number of benzene rings is 1. The first-order valence-corrected chi connectivity index (χ1v) is 4.01. The highest BCUT2D eigenvalue weighted by Crippen LogP contribution is 2.22. The number of halogens is 1. The summed E-state index contributed by atoms with van der Waals surface area (Å²) in [5.74, 6) is -0.621. The predicted molar refractivity (Wildman–Crippen MR) is 50.3 cm³/mol. The summed E-state index contributed by atoms with van der Waals surface area (Å²) >= 11 is 0. The van der Waals surface area contributed by atoms with E-state index in [1.807, 2.05) is 0 Å². The molecule has 1 rings (SSSR count). The van der Waals surface area contributed by atoms with Gasteiger partial charge >= 0.3 is 0 Å². The van der Waals surface area contributed by atoms with Crippen LogP contribution in [0.15, 0.2) is 6.07 Å². The van der Waals surface area contributed by atoms with E-state index in [1.54, 1.807) is 13.8 Å². The molecule has 1 aromatic rings. The maximum absolute atomic E-state index is 13.3. The molecular formula is C10H12FNO. The van der Waals surface area contributed by atoms with Gasteiger partial charge in [-0.1, -0.05) is 0 Å². The Labute approximate surface area is 76.6 Å². The number of aryl methyl sites for hydroxylation is 1. The first-order valence-electron chi connectivity index (χ1n) is 4.01. The largest absolute Gasteiger partial charge is 0.396 e. The minimum atomic E-state index is -0.490. The summed E-state index contributed by atoms with van der Waals surface area (Å²) in [7, 11) is 0. The summed E-state index contributed by atoms with van der Waals surface area (Å²) < 4.78 is 13.3. The van der Waals surface area contributed by atoms with Crippen molar-refractivity contribution in [1.29, 1.82) is 0 Å². The highest BCUT2D eigenvalue weighted by Gasteiger charge is 2.13. The number of carbonyl (C=O) groups excluding carboxylic acids is 1. The van der Waals surface area contributed by atoms with Crippen LogP contribution in [-0.2, 0) is 0 Å². The van der Waals surface area contributed by atoms with Gasteiger partial charge in [0.25, 0.3) is 0 Å². The van der Waals surface area contributed by atoms with E-state index in [2.05, 4.69) is 0 Å². The smallest absolute Gasteiger partial charge is 0.160 e. The lowest BCUT2D eigenvalue weighted by atomic mass is 9.98. The average molecular weight is 181 g/mol. The van der Waals surface area contributed by atoms with Crippen LogP contribution >= 0.6 is 0 Å². The first-order chi connectivity index (χ1) is 5.95. The number of rotatable bonds is 1. The van der Waals surface area contributed by atoms with Gasteiger partial charge in [0, 0.05) is 5.56 Å².